The number of allylic oxidation sites excluding steroid dienone is 4. The van der Waals surface area contributed by atoms with Gasteiger partial charge >= 0.3 is 0 Å². The Kier molecular flexibility index (Phi) is 4.75. The van der Waals surface area contributed by atoms with Gasteiger partial charge in [0.1, 0.15) is 0 Å². The lowest BCUT2D eigenvalue weighted by Gasteiger charge is -2.12. The number of nitrogens with two attached hydrogens (primary N) is 1. The summed E-state index contributed by atoms with van der Waals surface area (Å²) in [7, 11) is 0. The molecule has 15 heavy (non-hydrogen) atoms. The minimum absolute atomic E-state index is 0.409. The van der Waals surface area contributed by atoms with Crippen molar-refractivity contribution in [2.45, 2.75) is 32.7 Å². The first-order valence-electron chi connectivity index (χ1n) is 5.44. The molecule has 0 radical (unpaired) electrons. The predicted octanol–water partition coefficient (Wildman–Crippen LogP) is 2.62. The Labute approximate surface area is 92.2 Å². The van der Waals surface area contributed by atoms with Crippen LogP contribution < -0.4 is 11.1 Å². The molecule has 2 heteroatoms. The van der Waals surface area contributed by atoms with E-state index in [-0.39, 0.29) is 0 Å². The fraction of sp³-hybridized carbons (Fsp3) is 0.385. The average molecular weight is 204 g/mol. The highest BCUT2D eigenvalue weighted by Gasteiger charge is 2.20. The third-order valence-corrected chi connectivity index (χ3v) is 2.56. The van der Waals surface area contributed by atoms with E-state index in [1.807, 2.05) is 6.20 Å². The van der Waals surface area contributed by atoms with Crippen LogP contribution in [0.4, 0.5) is 0 Å². The Bertz CT molecular complexity index is 308. The largest absolute Gasteiger partial charge is 0.403 e. The van der Waals surface area contributed by atoms with E-state index in [1.165, 1.54) is 11.1 Å². The van der Waals surface area contributed by atoms with Gasteiger partial charge in [-0.15, -0.1) is 0 Å². The smallest absolute Gasteiger partial charge is 0.0514 e. The second kappa shape index (κ2) is 6.12. The minimum atomic E-state index is 0.409. The van der Waals surface area contributed by atoms with Gasteiger partial charge in [0.25, 0.3) is 0 Å². The van der Waals surface area contributed by atoms with E-state index in [0.29, 0.717) is 6.04 Å². The molecule has 0 fully saturated rings. The molecule has 1 aliphatic rings. The maximum Gasteiger partial charge on any atom is 0.0514 e. The summed E-state index contributed by atoms with van der Waals surface area (Å²) in [5.41, 5.74) is 8.14. The van der Waals surface area contributed by atoms with Crippen LogP contribution in [0.25, 0.3) is 0 Å². The zero-order valence-electron chi connectivity index (χ0n) is 9.53. The molecule has 0 saturated carbocycles. The molecule has 3 N–H and O–H groups in total. The summed E-state index contributed by atoms with van der Waals surface area (Å²) < 4.78 is 0. The van der Waals surface area contributed by atoms with Crippen molar-refractivity contribution in [3.05, 3.63) is 47.9 Å². The molecule has 0 saturated heterocycles. The zero-order valence-corrected chi connectivity index (χ0v) is 9.53. The topological polar surface area (TPSA) is 38.0 Å². The first kappa shape index (κ1) is 11.6. The van der Waals surface area contributed by atoms with Crippen LogP contribution in [-0.4, -0.2) is 6.04 Å². The lowest BCUT2D eigenvalue weighted by atomic mass is 10.1. The number of hydrogen-bond acceptors (Lipinski definition) is 2. The van der Waals surface area contributed by atoms with Crippen molar-refractivity contribution < 1.29 is 0 Å². The van der Waals surface area contributed by atoms with Crippen LogP contribution in [0.3, 0.4) is 0 Å². The van der Waals surface area contributed by atoms with Crippen molar-refractivity contribution in [3.8, 4) is 0 Å². The van der Waals surface area contributed by atoms with Crippen molar-refractivity contribution in [2.24, 2.45) is 5.73 Å². The third-order valence-electron chi connectivity index (χ3n) is 2.56. The first-order chi connectivity index (χ1) is 7.33. The van der Waals surface area contributed by atoms with Gasteiger partial charge < -0.3 is 11.1 Å². The van der Waals surface area contributed by atoms with Crippen LogP contribution in [0.5, 0.6) is 0 Å². The van der Waals surface area contributed by atoms with Crippen LogP contribution >= 0.6 is 0 Å². The van der Waals surface area contributed by atoms with Crippen molar-refractivity contribution in [1.82, 2.24) is 5.32 Å². The first-order valence-corrected chi connectivity index (χ1v) is 5.44. The van der Waals surface area contributed by atoms with E-state index in [4.69, 9.17) is 5.73 Å². The molecular weight excluding hydrogens is 184 g/mol. The Morgan fingerprint density at radius 3 is 2.60 bits per heavy atom. The molecule has 0 aliphatic heterocycles. The molecule has 1 aliphatic carbocycles. The van der Waals surface area contributed by atoms with E-state index >= 15 is 0 Å². The van der Waals surface area contributed by atoms with Crippen LogP contribution in [0.1, 0.15) is 26.7 Å². The molecule has 1 atom stereocenters. The van der Waals surface area contributed by atoms with Crippen molar-refractivity contribution in [3.63, 3.8) is 0 Å². The van der Waals surface area contributed by atoms with Gasteiger partial charge in [0.15, 0.2) is 0 Å². The van der Waals surface area contributed by atoms with Crippen LogP contribution in [0.2, 0.25) is 0 Å². The van der Waals surface area contributed by atoms with Gasteiger partial charge in [-0.25, -0.2) is 0 Å². The number of rotatable bonds is 4. The highest BCUT2D eigenvalue weighted by atomic mass is 14.9. The Hall–Kier alpha value is -1.44. The monoisotopic (exact) mass is 204 g/mol. The summed E-state index contributed by atoms with van der Waals surface area (Å²) in [6.07, 6.45) is 14.2. The van der Waals surface area contributed by atoms with Crippen LogP contribution in [0, 0.1) is 0 Å². The summed E-state index contributed by atoms with van der Waals surface area (Å²) in [5.74, 6) is 0. The number of hydrogen-bond donors (Lipinski definition) is 2. The highest BCUT2D eigenvalue weighted by Crippen LogP contribution is 2.28. The maximum absolute atomic E-state index is 5.33. The molecule has 0 heterocycles. The second-order valence-electron chi connectivity index (χ2n) is 3.60. The summed E-state index contributed by atoms with van der Waals surface area (Å²) in [6, 6.07) is 0.409. The normalized spacial score (nSPS) is 22.7. The molecule has 2 nitrogen and oxygen atoms in total. The molecule has 0 bridgehead atoms. The average Bonchev–Trinajstić information content (AvgIpc) is 2.60. The van der Waals surface area contributed by atoms with Gasteiger partial charge in [0.2, 0.25) is 0 Å². The quantitative estimate of drug-likeness (QED) is 0.738. The Morgan fingerprint density at radius 1 is 1.27 bits per heavy atom. The zero-order chi connectivity index (χ0) is 11.1. The predicted molar refractivity (Wildman–Crippen MR) is 66.1 cm³/mol. The summed E-state index contributed by atoms with van der Waals surface area (Å²) >= 11 is 0. The van der Waals surface area contributed by atoms with E-state index in [2.05, 4.69) is 43.5 Å². The minimum Gasteiger partial charge on any atom is -0.403 e. The third kappa shape index (κ3) is 3.01. The SMILES string of the molecule is C/C=C\C1=C(/C=C\C)C(N/C=C\N)CC1. The van der Waals surface area contributed by atoms with Gasteiger partial charge in [0, 0.05) is 12.4 Å². The standard InChI is InChI=1S/C13H20N2/c1-3-5-11-7-8-13(15-10-9-14)12(11)6-4-2/h3-6,9-10,13,15H,7-8,14H2,1-2H3/b5-3-,6-4-,10-9-. The maximum atomic E-state index is 5.33. The summed E-state index contributed by atoms with van der Waals surface area (Å²) in [4.78, 5) is 0. The van der Waals surface area contributed by atoms with E-state index in [0.717, 1.165) is 12.8 Å². The van der Waals surface area contributed by atoms with E-state index < -0.39 is 0 Å². The van der Waals surface area contributed by atoms with Gasteiger partial charge in [-0.1, -0.05) is 24.3 Å². The molecule has 0 aromatic rings. The molecule has 82 valence electrons. The van der Waals surface area contributed by atoms with Crippen LogP contribution in [-0.2, 0) is 0 Å². The fourth-order valence-electron chi connectivity index (χ4n) is 1.95. The van der Waals surface area contributed by atoms with Crippen LogP contribution in [0.15, 0.2) is 47.9 Å². The van der Waals surface area contributed by atoms with Crippen molar-refractivity contribution in [2.75, 3.05) is 0 Å². The summed E-state index contributed by atoms with van der Waals surface area (Å²) in [5, 5.41) is 3.31. The molecule has 1 rings (SSSR count). The second-order valence-corrected chi connectivity index (χ2v) is 3.60. The van der Waals surface area contributed by atoms with Gasteiger partial charge in [-0.05, 0) is 37.8 Å². The molecular formula is C13H20N2. The highest BCUT2D eigenvalue weighted by molar-refractivity contribution is 5.41. The van der Waals surface area contributed by atoms with Crippen molar-refractivity contribution >= 4 is 0 Å². The lowest BCUT2D eigenvalue weighted by Crippen LogP contribution is -2.23. The lowest BCUT2D eigenvalue weighted by molar-refractivity contribution is 0.662. The van der Waals surface area contributed by atoms with Crippen molar-refractivity contribution in [1.29, 1.82) is 0 Å². The molecule has 0 amide bonds. The molecule has 1 unspecified atom stereocenters. The van der Waals surface area contributed by atoms with Gasteiger partial charge in [0.05, 0.1) is 6.04 Å². The van der Waals surface area contributed by atoms with E-state index in [9.17, 15) is 0 Å². The fourth-order valence-corrected chi connectivity index (χ4v) is 1.95. The molecule has 0 spiro atoms. The van der Waals surface area contributed by atoms with E-state index in [1.54, 1.807) is 6.20 Å². The molecule has 0 aromatic carbocycles. The summed E-state index contributed by atoms with van der Waals surface area (Å²) in [6.45, 7) is 4.11. The van der Waals surface area contributed by atoms with Gasteiger partial charge in [-0.3, -0.25) is 0 Å². The Morgan fingerprint density at radius 2 is 2.00 bits per heavy atom. The molecule has 0 aromatic heterocycles. The number of nitrogens with one attached hydrogen (secondary N) is 1. The van der Waals surface area contributed by atoms with Gasteiger partial charge in [-0.2, -0.15) is 0 Å². The Balaban J connectivity index is 2.84.